The maximum atomic E-state index is 10.1. The van der Waals surface area contributed by atoms with Crippen molar-refractivity contribution in [1.82, 2.24) is 5.16 Å². The minimum atomic E-state index is -0.495. The maximum absolute atomic E-state index is 10.1. The van der Waals surface area contributed by atoms with Crippen molar-refractivity contribution >= 4 is 11.6 Å². The number of hydrogen-bond donors (Lipinski definition) is 1. The predicted molar refractivity (Wildman–Crippen MR) is 65.0 cm³/mol. The molecule has 1 aliphatic rings. The zero-order valence-electron chi connectivity index (χ0n) is 9.40. The number of benzene rings is 1. The van der Waals surface area contributed by atoms with Crippen molar-refractivity contribution in [3.63, 3.8) is 0 Å². The second-order valence-corrected chi connectivity index (χ2v) is 4.79. The van der Waals surface area contributed by atoms with E-state index in [9.17, 15) is 5.11 Å². The number of rotatable bonds is 0. The van der Waals surface area contributed by atoms with Gasteiger partial charge in [-0.15, -0.1) is 0 Å². The van der Waals surface area contributed by atoms with E-state index in [-0.39, 0.29) is 0 Å². The highest BCUT2D eigenvalue weighted by Gasteiger charge is 2.25. The van der Waals surface area contributed by atoms with Crippen LogP contribution in [-0.4, -0.2) is 10.3 Å². The molecule has 1 aliphatic carbocycles. The monoisotopic (exact) mass is 249 g/mol. The first-order valence-corrected chi connectivity index (χ1v) is 5.97. The smallest absolute Gasteiger partial charge is 0.144 e. The van der Waals surface area contributed by atoms with Crippen LogP contribution in [0.15, 0.2) is 22.7 Å². The topological polar surface area (TPSA) is 46.3 Å². The van der Waals surface area contributed by atoms with Crippen molar-refractivity contribution < 1.29 is 9.63 Å². The molecule has 1 unspecified atom stereocenters. The van der Waals surface area contributed by atoms with Crippen LogP contribution >= 0.6 is 11.6 Å². The third kappa shape index (κ3) is 1.66. The first-order valence-electron chi connectivity index (χ1n) is 5.60. The summed E-state index contributed by atoms with van der Waals surface area (Å²) in [4.78, 5) is 0. The molecule has 0 spiro atoms. The second-order valence-electron chi connectivity index (χ2n) is 4.35. The zero-order chi connectivity index (χ0) is 12.0. The van der Waals surface area contributed by atoms with E-state index in [1.165, 1.54) is 0 Å². The molecule has 1 aromatic carbocycles. The van der Waals surface area contributed by atoms with Gasteiger partial charge >= 0.3 is 0 Å². The summed E-state index contributed by atoms with van der Waals surface area (Å²) in [5.74, 6) is 0.850. The van der Waals surface area contributed by atoms with E-state index in [1.807, 2.05) is 25.1 Å². The summed E-state index contributed by atoms with van der Waals surface area (Å²) in [7, 11) is 0. The van der Waals surface area contributed by atoms with E-state index in [0.29, 0.717) is 17.9 Å². The number of aliphatic hydroxyl groups is 1. The lowest BCUT2D eigenvalue weighted by atomic mass is 9.97. The van der Waals surface area contributed by atoms with Crippen molar-refractivity contribution in [1.29, 1.82) is 0 Å². The van der Waals surface area contributed by atoms with E-state index in [1.54, 1.807) is 0 Å². The summed E-state index contributed by atoms with van der Waals surface area (Å²) >= 11 is 5.99. The van der Waals surface area contributed by atoms with Crippen LogP contribution in [0.5, 0.6) is 0 Å². The van der Waals surface area contributed by atoms with Gasteiger partial charge in [-0.25, -0.2) is 0 Å². The van der Waals surface area contributed by atoms with Gasteiger partial charge in [0.15, 0.2) is 0 Å². The first kappa shape index (κ1) is 10.8. The number of aromatic nitrogens is 1. The Labute approximate surface area is 104 Å². The lowest BCUT2D eigenvalue weighted by Gasteiger charge is -2.12. The van der Waals surface area contributed by atoms with Crippen LogP contribution in [0.1, 0.15) is 29.5 Å². The molecule has 1 N–H and O–H groups in total. The molecule has 0 saturated heterocycles. The minimum Gasteiger partial charge on any atom is -0.388 e. The Balaban J connectivity index is 2.30. The summed E-state index contributed by atoms with van der Waals surface area (Å²) in [5.41, 5.74) is 3.71. The van der Waals surface area contributed by atoms with Crippen LogP contribution in [-0.2, 0) is 6.42 Å². The Bertz CT molecular complexity index is 577. The van der Waals surface area contributed by atoms with Gasteiger partial charge in [-0.1, -0.05) is 22.8 Å². The summed E-state index contributed by atoms with van der Waals surface area (Å²) in [5, 5.41) is 14.8. The molecule has 1 aromatic heterocycles. The number of aliphatic hydroxyl groups excluding tert-OH is 1. The molecule has 0 bridgehead atoms. The van der Waals surface area contributed by atoms with Gasteiger partial charge in [0.25, 0.3) is 0 Å². The Morgan fingerprint density at radius 1 is 1.47 bits per heavy atom. The van der Waals surface area contributed by atoms with Gasteiger partial charge in [-0.2, -0.15) is 0 Å². The number of halogens is 1. The quantitative estimate of drug-likeness (QED) is 0.779. The summed E-state index contributed by atoms with van der Waals surface area (Å²) in [6.07, 6.45) is 0.837. The molecule has 1 heterocycles. The third-order valence-electron chi connectivity index (χ3n) is 3.22. The SMILES string of the molecule is Cc1noc2c1-c1ccc(Cl)cc1C(O)CC2. The largest absolute Gasteiger partial charge is 0.388 e. The Hall–Kier alpha value is -1.32. The third-order valence-corrected chi connectivity index (χ3v) is 3.46. The Morgan fingerprint density at radius 3 is 3.12 bits per heavy atom. The van der Waals surface area contributed by atoms with Crippen LogP contribution in [0, 0.1) is 6.92 Å². The van der Waals surface area contributed by atoms with Crippen LogP contribution < -0.4 is 0 Å². The van der Waals surface area contributed by atoms with Gasteiger partial charge in [-0.05, 0) is 36.6 Å². The molecule has 3 rings (SSSR count). The zero-order valence-corrected chi connectivity index (χ0v) is 10.2. The van der Waals surface area contributed by atoms with Crippen molar-refractivity contribution in [3.05, 3.63) is 40.2 Å². The van der Waals surface area contributed by atoms with Gasteiger partial charge in [-0.3, -0.25) is 0 Å². The molecule has 1 atom stereocenters. The normalized spacial score (nSPS) is 18.4. The van der Waals surface area contributed by atoms with Gasteiger partial charge in [0, 0.05) is 17.0 Å². The van der Waals surface area contributed by atoms with Crippen LogP contribution in [0.2, 0.25) is 5.02 Å². The minimum absolute atomic E-state index is 0.495. The molecular formula is C13H12ClNO2. The van der Waals surface area contributed by atoms with E-state index in [4.69, 9.17) is 16.1 Å². The van der Waals surface area contributed by atoms with Crippen LogP contribution in [0.4, 0.5) is 0 Å². The molecule has 4 heteroatoms. The Kier molecular flexibility index (Phi) is 2.45. The lowest BCUT2D eigenvalue weighted by Crippen LogP contribution is -1.98. The maximum Gasteiger partial charge on any atom is 0.144 e. The summed E-state index contributed by atoms with van der Waals surface area (Å²) < 4.78 is 5.31. The van der Waals surface area contributed by atoms with Gasteiger partial charge in [0.05, 0.1) is 11.8 Å². The van der Waals surface area contributed by atoms with E-state index in [0.717, 1.165) is 28.1 Å². The van der Waals surface area contributed by atoms with E-state index >= 15 is 0 Å². The van der Waals surface area contributed by atoms with Gasteiger partial charge in [0.2, 0.25) is 0 Å². The number of hydrogen-bond acceptors (Lipinski definition) is 3. The van der Waals surface area contributed by atoms with Gasteiger partial charge < -0.3 is 9.63 Å². The van der Waals surface area contributed by atoms with Crippen molar-refractivity contribution in [2.75, 3.05) is 0 Å². The average Bonchev–Trinajstić information content (AvgIpc) is 2.61. The highest BCUT2D eigenvalue weighted by molar-refractivity contribution is 6.30. The summed E-state index contributed by atoms with van der Waals surface area (Å²) in [6, 6.07) is 5.58. The molecule has 0 radical (unpaired) electrons. The van der Waals surface area contributed by atoms with Crippen LogP contribution in [0.3, 0.4) is 0 Å². The second kappa shape index (κ2) is 3.86. The summed E-state index contributed by atoms with van der Waals surface area (Å²) in [6.45, 7) is 1.92. The molecule has 0 aliphatic heterocycles. The molecule has 17 heavy (non-hydrogen) atoms. The highest BCUT2D eigenvalue weighted by atomic mass is 35.5. The van der Waals surface area contributed by atoms with Crippen molar-refractivity contribution in [3.8, 4) is 11.1 Å². The van der Waals surface area contributed by atoms with E-state index in [2.05, 4.69) is 5.16 Å². The highest BCUT2D eigenvalue weighted by Crippen LogP contribution is 2.39. The predicted octanol–water partition coefficient (Wildman–Crippen LogP) is 3.28. The molecule has 2 aromatic rings. The number of fused-ring (bicyclic) bond motifs is 3. The standard InChI is InChI=1S/C13H12ClNO2/c1-7-13-9-3-2-8(14)6-10(9)11(16)4-5-12(13)17-15-7/h2-3,6,11,16H,4-5H2,1H3. The van der Waals surface area contributed by atoms with Gasteiger partial charge in [0.1, 0.15) is 5.76 Å². The molecule has 88 valence electrons. The molecular weight excluding hydrogens is 238 g/mol. The molecule has 0 amide bonds. The number of nitrogens with zero attached hydrogens (tertiary/aromatic N) is 1. The molecule has 0 saturated carbocycles. The van der Waals surface area contributed by atoms with Crippen molar-refractivity contribution in [2.24, 2.45) is 0 Å². The molecule has 3 nitrogen and oxygen atoms in total. The van der Waals surface area contributed by atoms with Crippen LogP contribution in [0.25, 0.3) is 11.1 Å². The fourth-order valence-electron chi connectivity index (χ4n) is 2.39. The average molecular weight is 250 g/mol. The fraction of sp³-hybridized carbons (Fsp3) is 0.308. The Morgan fingerprint density at radius 2 is 2.29 bits per heavy atom. The van der Waals surface area contributed by atoms with E-state index < -0.39 is 6.10 Å². The fourth-order valence-corrected chi connectivity index (χ4v) is 2.57. The number of aryl methyl sites for hydroxylation is 2. The lowest BCUT2D eigenvalue weighted by molar-refractivity contribution is 0.166. The first-order chi connectivity index (χ1) is 8.16. The molecule has 0 fully saturated rings. The van der Waals surface area contributed by atoms with Crippen molar-refractivity contribution in [2.45, 2.75) is 25.9 Å².